The first kappa shape index (κ1) is 11.3. The first-order valence-electron chi connectivity index (χ1n) is 4.34. The fourth-order valence-corrected chi connectivity index (χ4v) is 1.00. The van der Waals surface area contributed by atoms with Gasteiger partial charge in [-0.3, -0.25) is 9.59 Å². The summed E-state index contributed by atoms with van der Waals surface area (Å²) >= 11 is 0. The lowest BCUT2D eigenvalue weighted by Gasteiger charge is -2.05. The van der Waals surface area contributed by atoms with Gasteiger partial charge >= 0.3 is 0 Å². The number of hydrogen-bond acceptors (Lipinski definition) is 4. The molecule has 1 rings (SSSR count). The maximum Gasteiger partial charge on any atom is 0.256 e. The van der Waals surface area contributed by atoms with Crippen LogP contribution in [0.5, 0.6) is 5.75 Å². The lowest BCUT2D eigenvalue weighted by Crippen LogP contribution is -2.27. The van der Waals surface area contributed by atoms with Crippen molar-refractivity contribution in [3.8, 4) is 5.75 Å². The molecule has 0 fully saturated rings. The summed E-state index contributed by atoms with van der Waals surface area (Å²) in [5.41, 5.74) is -0.424. The molecule has 3 N–H and O–H groups in total. The van der Waals surface area contributed by atoms with E-state index in [1.165, 1.54) is 13.3 Å². The average molecular weight is 212 g/mol. The molecule has 15 heavy (non-hydrogen) atoms. The first-order valence-corrected chi connectivity index (χ1v) is 4.34. The van der Waals surface area contributed by atoms with E-state index in [0.29, 0.717) is 13.2 Å². The second-order valence-electron chi connectivity index (χ2n) is 2.84. The fourth-order valence-electron chi connectivity index (χ4n) is 1.00. The number of rotatable bonds is 4. The van der Waals surface area contributed by atoms with Crippen molar-refractivity contribution in [2.45, 2.75) is 0 Å². The van der Waals surface area contributed by atoms with Crippen molar-refractivity contribution in [3.05, 3.63) is 28.2 Å². The van der Waals surface area contributed by atoms with Gasteiger partial charge in [0.15, 0.2) is 0 Å². The standard InChI is InChI=1S/C9H12N2O4/c1-15-3-2-10-9(14)6-5-11-8(13)4-7(6)12/h4-5H,2-3H2,1H3,(H,10,14)(H2,11,12,13). The maximum absolute atomic E-state index is 11.4. The summed E-state index contributed by atoms with van der Waals surface area (Å²) in [5, 5.41) is 11.8. The number of aromatic nitrogens is 1. The van der Waals surface area contributed by atoms with Gasteiger partial charge in [0, 0.05) is 25.9 Å². The van der Waals surface area contributed by atoms with Crippen LogP contribution in [0.1, 0.15) is 10.4 Å². The second kappa shape index (κ2) is 5.16. The highest BCUT2D eigenvalue weighted by Gasteiger charge is 2.10. The van der Waals surface area contributed by atoms with Gasteiger partial charge in [0.05, 0.1) is 12.2 Å². The normalized spacial score (nSPS) is 9.93. The number of H-pyrrole nitrogens is 1. The maximum atomic E-state index is 11.4. The summed E-state index contributed by atoms with van der Waals surface area (Å²) in [5.74, 6) is -0.797. The third-order valence-electron chi connectivity index (χ3n) is 1.74. The van der Waals surface area contributed by atoms with Crippen LogP contribution >= 0.6 is 0 Å². The van der Waals surface area contributed by atoms with Crippen LogP contribution in [-0.2, 0) is 4.74 Å². The van der Waals surface area contributed by atoms with Crippen molar-refractivity contribution in [3.63, 3.8) is 0 Å². The lowest BCUT2D eigenvalue weighted by molar-refractivity contribution is 0.0934. The molecule has 0 aliphatic heterocycles. The molecule has 1 aromatic rings. The number of nitrogens with one attached hydrogen (secondary N) is 2. The zero-order chi connectivity index (χ0) is 11.3. The number of carbonyl (C=O) groups excluding carboxylic acids is 1. The third kappa shape index (κ3) is 3.10. The lowest BCUT2D eigenvalue weighted by atomic mass is 10.2. The molecule has 0 radical (unpaired) electrons. The van der Waals surface area contributed by atoms with E-state index in [2.05, 4.69) is 10.3 Å². The Labute approximate surface area is 85.9 Å². The fraction of sp³-hybridized carbons (Fsp3) is 0.333. The minimum atomic E-state index is -0.458. The van der Waals surface area contributed by atoms with Crippen molar-refractivity contribution in [2.24, 2.45) is 0 Å². The molecule has 0 atom stereocenters. The molecule has 0 spiro atoms. The van der Waals surface area contributed by atoms with E-state index in [0.717, 1.165) is 6.07 Å². The summed E-state index contributed by atoms with van der Waals surface area (Å²) in [7, 11) is 1.52. The zero-order valence-corrected chi connectivity index (χ0v) is 8.24. The SMILES string of the molecule is COCCNC(=O)c1c[nH]c(=O)cc1O. The molecule has 1 heterocycles. The molecule has 1 amide bonds. The summed E-state index contributed by atoms with van der Waals surface area (Å²) in [4.78, 5) is 24.5. The summed E-state index contributed by atoms with van der Waals surface area (Å²) in [6.07, 6.45) is 1.17. The van der Waals surface area contributed by atoms with Crippen molar-refractivity contribution in [2.75, 3.05) is 20.3 Å². The van der Waals surface area contributed by atoms with Crippen LogP contribution in [0, 0.1) is 0 Å². The highest BCUT2D eigenvalue weighted by Crippen LogP contribution is 2.11. The summed E-state index contributed by atoms with van der Waals surface area (Å²) in [6, 6.07) is 0.950. The topological polar surface area (TPSA) is 91.4 Å². The second-order valence-corrected chi connectivity index (χ2v) is 2.84. The van der Waals surface area contributed by atoms with Crippen LogP contribution in [-0.4, -0.2) is 36.3 Å². The van der Waals surface area contributed by atoms with Crippen LogP contribution in [0.2, 0.25) is 0 Å². The van der Waals surface area contributed by atoms with Crippen molar-refractivity contribution in [1.82, 2.24) is 10.3 Å². The van der Waals surface area contributed by atoms with Gasteiger partial charge in [0.25, 0.3) is 11.5 Å². The number of hydrogen-bond donors (Lipinski definition) is 3. The molecule has 0 aliphatic rings. The summed E-state index contributed by atoms with van der Waals surface area (Å²) < 4.78 is 4.74. The van der Waals surface area contributed by atoms with Crippen LogP contribution in [0.25, 0.3) is 0 Å². The number of carbonyl (C=O) groups is 1. The van der Waals surface area contributed by atoms with E-state index >= 15 is 0 Å². The molecule has 0 saturated carbocycles. The van der Waals surface area contributed by atoms with E-state index in [1.54, 1.807) is 0 Å². The van der Waals surface area contributed by atoms with Gasteiger partial charge in [-0.1, -0.05) is 0 Å². The monoisotopic (exact) mass is 212 g/mol. The first-order chi connectivity index (χ1) is 7.15. The van der Waals surface area contributed by atoms with E-state index in [4.69, 9.17) is 4.74 Å². The van der Waals surface area contributed by atoms with Gasteiger partial charge in [-0.2, -0.15) is 0 Å². The van der Waals surface area contributed by atoms with Gasteiger partial charge in [-0.15, -0.1) is 0 Å². The van der Waals surface area contributed by atoms with E-state index in [9.17, 15) is 14.7 Å². The Hall–Kier alpha value is -1.82. The number of amides is 1. The van der Waals surface area contributed by atoms with Gasteiger partial charge in [-0.05, 0) is 0 Å². The average Bonchev–Trinajstić information content (AvgIpc) is 2.17. The summed E-state index contributed by atoms with van der Waals surface area (Å²) in [6.45, 7) is 0.726. The molecule has 1 aromatic heterocycles. The third-order valence-corrected chi connectivity index (χ3v) is 1.74. The molecular formula is C9H12N2O4. The Bertz CT molecular complexity index is 399. The largest absolute Gasteiger partial charge is 0.507 e. The van der Waals surface area contributed by atoms with E-state index < -0.39 is 11.5 Å². The van der Waals surface area contributed by atoms with Crippen molar-refractivity contribution in [1.29, 1.82) is 0 Å². The highest BCUT2D eigenvalue weighted by molar-refractivity contribution is 5.96. The zero-order valence-electron chi connectivity index (χ0n) is 8.24. The number of aromatic amines is 1. The van der Waals surface area contributed by atoms with E-state index in [-0.39, 0.29) is 11.3 Å². The Balaban J connectivity index is 2.69. The molecule has 0 saturated heterocycles. The predicted octanol–water partition coefficient (Wildman–Crippen LogP) is -0.543. The van der Waals surface area contributed by atoms with Crippen molar-refractivity contribution < 1.29 is 14.6 Å². The van der Waals surface area contributed by atoms with Crippen LogP contribution in [0.3, 0.4) is 0 Å². The minimum Gasteiger partial charge on any atom is -0.507 e. The number of ether oxygens (including phenoxy) is 1. The Morgan fingerprint density at radius 2 is 2.40 bits per heavy atom. The molecular weight excluding hydrogens is 200 g/mol. The molecule has 0 aromatic carbocycles. The Kier molecular flexibility index (Phi) is 3.87. The van der Waals surface area contributed by atoms with Crippen LogP contribution in [0.15, 0.2) is 17.1 Å². The minimum absolute atomic E-state index is 0.0331. The predicted molar refractivity (Wildman–Crippen MR) is 52.9 cm³/mol. The molecule has 82 valence electrons. The highest BCUT2D eigenvalue weighted by atomic mass is 16.5. The Morgan fingerprint density at radius 3 is 3.00 bits per heavy atom. The molecule has 0 aliphatic carbocycles. The molecule has 0 unspecified atom stereocenters. The molecule has 6 nitrogen and oxygen atoms in total. The van der Waals surface area contributed by atoms with E-state index in [1.807, 2.05) is 0 Å². The molecule has 6 heteroatoms. The van der Waals surface area contributed by atoms with Crippen molar-refractivity contribution >= 4 is 5.91 Å². The molecule has 0 bridgehead atoms. The number of aromatic hydroxyl groups is 1. The van der Waals surface area contributed by atoms with Gasteiger partial charge < -0.3 is 20.1 Å². The number of pyridine rings is 1. The Morgan fingerprint density at radius 1 is 1.67 bits per heavy atom. The van der Waals surface area contributed by atoms with Gasteiger partial charge in [0.1, 0.15) is 5.75 Å². The quantitative estimate of drug-likeness (QED) is 0.584. The van der Waals surface area contributed by atoms with Crippen LogP contribution < -0.4 is 10.9 Å². The van der Waals surface area contributed by atoms with Crippen LogP contribution in [0.4, 0.5) is 0 Å². The number of methoxy groups -OCH3 is 1. The van der Waals surface area contributed by atoms with Gasteiger partial charge in [-0.25, -0.2) is 0 Å². The smallest absolute Gasteiger partial charge is 0.256 e. The van der Waals surface area contributed by atoms with Gasteiger partial charge in [0.2, 0.25) is 0 Å².